The zero-order chi connectivity index (χ0) is 60.4. The van der Waals surface area contributed by atoms with Gasteiger partial charge < -0.3 is 49.0 Å². The van der Waals surface area contributed by atoms with Crippen LogP contribution in [0.4, 0.5) is 22.4 Å². The Bertz CT molecular complexity index is 3080. The van der Waals surface area contributed by atoms with Gasteiger partial charge in [0.1, 0.15) is 35.1 Å². The summed E-state index contributed by atoms with van der Waals surface area (Å²) in [5, 5.41) is 31.2. The van der Waals surface area contributed by atoms with Gasteiger partial charge in [-0.05, 0) is 203 Å². The van der Waals surface area contributed by atoms with Crippen molar-refractivity contribution >= 4 is 46.4 Å². The highest BCUT2D eigenvalue weighted by molar-refractivity contribution is 9.10. The summed E-state index contributed by atoms with van der Waals surface area (Å²) in [6, 6.07) is 20.5. The number of hydrogen-bond acceptors (Lipinski definition) is 11. The Morgan fingerprint density at radius 3 is 1.73 bits per heavy atom. The third-order valence-corrected chi connectivity index (χ3v) is 15.7. The number of amides is 3. The number of rotatable bonds is 16. The monoisotopic (exact) mass is 1210 g/mol. The molecule has 3 amide bonds. The van der Waals surface area contributed by atoms with E-state index in [9.17, 15) is 42.2 Å². The van der Waals surface area contributed by atoms with E-state index < -0.39 is 89.5 Å². The molecule has 3 heterocycles. The van der Waals surface area contributed by atoms with Crippen molar-refractivity contribution in [2.45, 2.75) is 167 Å². The van der Waals surface area contributed by atoms with Crippen LogP contribution in [0.3, 0.4) is 0 Å². The number of ether oxygens (including phenoxy) is 1. The van der Waals surface area contributed by atoms with E-state index in [0.29, 0.717) is 12.0 Å². The quantitative estimate of drug-likeness (QED) is 0.0459. The molecule has 0 unspecified atom stereocenters. The summed E-state index contributed by atoms with van der Waals surface area (Å²) in [5.41, 5.74) is 6.12. The number of aliphatic hydroxyl groups is 2. The van der Waals surface area contributed by atoms with Gasteiger partial charge in [0.2, 0.25) is 11.8 Å². The highest BCUT2D eigenvalue weighted by atomic mass is 79.9. The van der Waals surface area contributed by atoms with Crippen molar-refractivity contribution < 1.29 is 65.0 Å². The van der Waals surface area contributed by atoms with Crippen molar-refractivity contribution in [1.82, 2.24) is 20.9 Å². The van der Waals surface area contributed by atoms with Crippen LogP contribution in [0.5, 0.6) is 0 Å². The first-order valence-electron chi connectivity index (χ1n) is 28.0. The lowest BCUT2D eigenvalue weighted by Gasteiger charge is -2.39. The lowest BCUT2D eigenvalue weighted by molar-refractivity contribution is -0.121. The first kappa shape index (κ1) is 64.3. The minimum Gasteiger partial charge on any atom is -0.472 e. The summed E-state index contributed by atoms with van der Waals surface area (Å²) in [6.07, 6.45) is 9.02. The molecule has 1 aliphatic heterocycles. The maximum Gasteiger partial charge on any atom is 0.494 e. The van der Waals surface area contributed by atoms with Gasteiger partial charge in [-0.1, -0.05) is 30.3 Å². The van der Waals surface area contributed by atoms with Gasteiger partial charge in [-0.2, -0.15) is 0 Å². The predicted molar refractivity (Wildman–Crippen MR) is 312 cm³/mol. The Labute approximate surface area is 492 Å². The molecule has 6 atom stereocenters. The summed E-state index contributed by atoms with van der Waals surface area (Å²) >= 11 is 3.19. The van der Waals surface area contributed by atoms with Crippen molar-refractivity contribution in [3.05, 3.63) is 171 Å². The molecule has 5 N–H and O–H groups in total. The highest BCUT2D eigenvalue weighted by Crippen LogP contribution is 2.39. The Kier molecular flexibility index (Phi) is 21.7. The number of hydrogen-bond donors (Lipinski definition) is 5. The van der Waals surface area contributed by atoms with Gasteiger partial charge in [-0.3, -0.25) is 14.5 Å². The number of nitrogens with one attached hydrogen (secondary N) is 3. The Balaban J connectivity index is 0.000000223. The van der Waals surface area contributed by atoms with Gasteiger partial charge in [0.15, 0.2) is 0 Å². The zero-order valence-corrected chi connectivity index (χ0v) is 50.1. The molecule has 2 aromatic heterocycles. The molecule has 0 radical (unpaired) electrons. The molecule has 9 rings (SSSR count). The molecule has 0 saturated carbocycles. The topological polar surface area (TPSA) is 185 Å². The fourth-order valence-corrected chi connectivity index (χ4v) is 10.8. The van der Waals surface area contributed by atoms with Gasteiger partial charge >= 0.3 is 13.2 Å². The average molecular weight is 1220 g/mol. The normalized spacial score (nSPS) is 18.3. The van der Waals surface area contributed by atoms with E-state index in [-0.39, 0.29) is 43.4 Å². The number of nitrogens with zero attached hydrogens (tertiary/aromatic N) is 1. The second kappa shape index (κ2) is 28.1. The molecule has 83 heavy (non-hydrogen) atoms. The Morgan fingerprint density at radius 2 is 1.23 bits per heavy atom. The van der Waals surface area contributed by atoms with Crippen LogP contribution in [0.2, 0.25) is 0 Å². The fourth-order valence-electron chi connectivity index (χ4n) is 10.5. The van der Waals surface area contributed by atoms with Gasteiger partial charge in [-0.15, -0.1) is 0 Å². The molecule has 0 spiro atoms. The second-order valence-corrected chi connectivity index (χ2v) is 24.4. The largest absolute Gasteiger partial charge is 0.494 e. The molecule has 3 aliphatic rings. The maximum atomic E-state index is 14.0. The van der Waals surface area contributed by atoms with Crippen LogP contribution in [0.1, 0.15) is 133 Å². The SMILES string of the molecule is Brc1ccoc1.CC(=O)N[C@@H](Cc1cc(F)cc(F)c1)[C@H](O)CN(C(=O)OC(C)(C)C)[C@H]1CCCc2ccc(B3OC(C)(C)C(C)(C)O3)cc21.CC(=O)N[C@@H](Cc1cc(F)cc(F)c1)[C@H](O)CN[C@H]1CCCc2ccc(-c3ccoc3)cc21. The summed E-state index contributed by atoms with van der Waals surface area (Å²) in [4.78, 5) is 39.1. The van der Waals surface area contributed by atoms with Crippen molar-refractivity contribution in [2.24, 2.45) is 0 Å². The number of fused-ring (bicyclic) bond motifs is 2. The van der Waals surface area contributed by atoms with E-state index in [4.69, 9.17) is 18.5 Å². The van der Waals surface area contributed by atoms with Crippen LogP contribution in [0, 0.1) is 23.3 Å². The van der Waals surface area contributed by atoms with E-state index >= 15 is 0 Å². The lowest BCUT2D eigenvalue weighted by Crippen LogP contribution is -2.52. The van der Waals surface area contributed by atoms with Crippen molar-refractivity contribution in [2.75, 3.05) is 13.1 Å². The molecule has 446 valence electrons. The number of furan rings is 2. The average Bonchev–Trinajstić information content (AvgIpc) is 4.28. The number of carbonyl (C=O) groups is 3. The van der Waals surface area contributed by atoms with Gasteiger partial charge in [0.25, 0.3) is 0 Å². The second-order valence-electron chi connectivity index (χ2n) is 23.5. The highest BCUT2D eigenvalue weighted by Gasteiger charge is 2.52. The first-order chi connectivity index (χ1) is 39.1. The minimum absolute atomic E-state index is 0.0507. The van der Waals surface area contributed by atoms with Crippen molar-refractivity contribution in [1.29, 1.82) is 0 Å². The Hall–Kier alpha value is -6.29. The van der Waals surface area contributed by atoms with E-state index in [2.05, 4.69) is 54.5 Å². The van der Waals surface area contributed by atoms with Crippen LogP contribution >= 0.6 is 15.9 Å². The number of aryl methyl sites for hydroxylation is 2. The van der Waals surface area contributed by atoms with Crippen LogP contribution in [-0.4, -0.2) is 94.3 Å². The minimum atomic E-state index is -1.28. The smallest absolute Gasteiger partial charge is 0.472 e. The molecule has 6 aromatic rings. The molecule has 4 aromatic carbocycles. The molecule has 2 aliphatic carbocycles. The fraction of sp³-hybridized carbons (Fsp3) is 0.444. The number of benzene rings is 4. The number of halogens is 5. The van der Waals surface area contributed by atoms with Crippen LogP contribution < -0.4 is 21.4 Å². The molecule has 20 heteroatoms. The predicted octanol–water partition coefficient (Wildman–Crippen LogP) is 11.3. The van der Waals surface area contributed by atoms with Gasteiger partial charge in [0.05, 0.1) is 71.3 Å². The number of aliphatic hydroxyl groups excluding tert-OH is 2. The van der Waals surface area contributed by atoms with E-state index in [1.807, 2.05) is 58.0 Å². The summed E-state index contributed by atoms with van der Waals surface area (Å²) in [5.74, 6) is -3.64. The van der Waals surface area contributed by atoms with E-state index in [0.717, 1.165) is 88.6 Å². The molecular formula is C63H76BBrF4N4O10. The van der Waals surface area contributed by atoms with Crippen molar-refractivity contribution in [3.63, 3.8) is 0 Å². The molecule has 1 saturated heterocycles. The van der Waals surface area contributed by atoms with Crippen LogP contribution in [0.25, 0.3) is 11.1 Å². The summed E-state index contributed by atoms with van der Waals surface area (Å²) in [6.45, 7) is 15.9. The van der Waals surface area contributed by atoms with Crippen LogP contribution in [0.15, 0.2) is 123 Å². The molecule has 0 bridgehead atoms. The van der Waals surface area contributed by atoms with Crippen LogP contribution in [-0.2, 0) is 49.3 Å². The summed E-state index contributed by atoms with van der Waals surface area (Å²) in [7, 11) is -0.593. The molecule has 14 nitrogen and oxygen atoms in total. The van der Waals surface area contributed by atoms with Gasteiger partial charge in [0, 0.05) is 44.1 Å². The maximum absolute atomic E-state index is 14.0. The lowest BCUT2D eigenvalue weighted by atomic mass is 9.75. The van der Waals surface area contributed by atoms with E-state index in [1.165, 1.54) is 42.0 Å². The Morgan fingerprint density at radius 1 is 0.699 bits per heavy atom. The standard InChI is InChI=1S/C33H45BF2N2O6.C26H28F2N2O3.C4H3BrO/c1-20(39)37-27(16-21-14-24(35)18-25(36)15-21)29(40)19-38(30(41)42-31(2,3)4)28-11-9-10-22-12-13-23(17-26(22)28)34-43-32(5,6)33(7,8)44-34;1-16(31)30-25(11-17-9-21(27)13-22(28)10-17)26(32)14-29-24-4-2-3-18-5-6-19(12-23(18)24)20-7-8-33-15-20;5-4-1-2-6-3-4/h12-15,17-18,27-29,40H,9-11,16,19H2,1-8H3,(H,37,39);5-10,12-13,15,24-26,29,32H,2-4,11,14H2,1H3,(H,30,31);1-3H/t27-,28-,29+;24-,25-,26+;/m00./s1. The number of carbonyl (C=O) groups excluding carboxylic acids is 3. The van der Waals surface area contributed by atoms with Gasteiger partial charge in [-0.25, -0.2) is 22.4 Å². The molecular weight excluding hydrogens is 1140 g/mol. The first-order valence-corrected chi connectivity index (χ1v) is 28.8. The third kappa shape index (κ3) is 18.1. The van der Waals surface area contributed by atoms with Crippen molar-refractivity contribution in [3.8, 4) is 11.1 Å². The third-order valence-electron chi connectivity index (χ3n) is 15.2. The summed E-state index contributed by atoms with van der Waals surface area (Å²) < 4.78 is 84.4. The molecule has 1 fully saturated rings. The zero-order valence-electron chi connectivity index (χ0n) is 48.5. The van der Waals surface area contributed by atoms with E-state index in [1.54, 1.807) is 45.8 Å².